The van der Waals surface area contributed by atoms with Crippen LogP contribution in [0.4, 0.5) is 0 Å². The van der Waals surface area contributed by atoms with E-state index in [4.69, 9.17) is 4.74 Å². The van der Waals surface area contributed by atoms with Gasteiger partial charge in [0.2, 0.25) is 0 Å². The molecule has 6 heteroatoms. The lowest BCUT2D eigenvalue weighted by Crippen LogP contribution is -2.41. The second-order valence-corrected chi connectivity index (χ2v) is 13.3. The number of amides is 2. The molecule has 39 heavy (non-hydrogen) atoms. The third-order valence-electron chi connectivity index (χ3n) is 9.24. The van der Waals surface area contributed by atoms with E-state index >= 15 is 0 Å². The summed E-state index contributed by atoms with van der Waals surface area (Å²) in [5.41, 5.74) is 2.22. The molecule has 4 atom stereocenters. The van der Waals surface area contributed by atoms with Crippen molar-refractivity contribution in [3.63, 3.8) is 0 Å². The fourth-order valence-electron chi connectivity index (χ4n) is 6.97. The first-order valence-electron chi connectivity index (χ1n) is 15.9. The smallest absolute Gasteiger partial charge is 0.254 e. The quantitative estimate of drug-likeness (QED) is 0.336. The van der Waals surface area contributed by atoms with Crippen molar-refractivity contribution in [1.29, 1.82) is 0 Å². The number of unbranched alkanes of at least 4 members (excludes halogenated alkanes) is 1. The van der Waals surface area contributed by atoms with Crippen LogP contribution in [0.3, 0.4) is 0 Å². The lowest BCUT2D eigenvalue weighted by atomic mass is 9.86. The summed E-state index contributed by atoms with van der Waals surface area (Å²) in [7, 11) is 0. The van der Waals surface area contributed by atoms with E-state index in [0.29, 0.717) is 41.5 Å². The third-order valence-corrected chi connectivity index (χ3v) is 9.24. The Morgan fingerprint density at radius 3 is 2.69 bits per heavy atom. The first-order chi connectivity index (χ1) is 18.7. The summed E-state index contributed by atoms with van der Waals surface area (Å²) in [6.45, 7) is 13.5. The molecule has 6 nitrogen and oxygen atoms in total. The van der Waals surface area contributed by atoms with Crippen molar-refractivity contribution < 1.29 is 14.3 Å². The minimum atomic E-state index is -0.116. The summed E-state index contributed by atoms with van der Waals surface area (Å²) in [6, 6.07) is 4.56. The topological polar surface area (TPSA) is 70.7 Å². The molecule has 0 aliphatic carbocycles. The molecule has 0 saturated carbocycles. The van der Waals surface area contributed by atoms with Crippen molar-refractivity contribution in [2.24, 2.45) is 11.3 Å². The van der Waals surface area contributed by atoms with Gasteiger partial charge in [-0.25, -0.2) is 0 Å². The highest BCUT2D eigenvalue weighted by Gasteiger charge is 2.37. The van der Waals surface area contributed by atoms with Crippen LogP contribution in [0, 0.1) is 11.3 Å². The first-order valence-corrected chi connectivity index (χ1v) is 15.9. The molecule has 2 fully saturated rings. The number of hydrogen-bond acceptors (Lipinski definition) is 4. The van der Waals surface area contributed by atoms with E-state index in [1.54, 1.807) is 0 Å². The maximum Gasteiger partial charge on any atom is 0.254 e. The third kappa shape index (κ3) is 7.56. The van der Waals surface area contributed by atoms with Gasteiger partial charge in [-0.1, -0.05) is 47.0 Å². The van der Waals surface area contributed by atoms with Crippen LogP contribution >= 0.6 is 0 Å². The molecule has 0 radical (unpaired) electrons. The summed E-state index contributed by atoms with van der Waals surface area (Å²) in [6.07, 6.45) is 13.1. The summed E-state index contributed by atoms with van der Waals surface area (Å²) in [4.78, 5) is 30.0. The SMILES string of the molecule is CCCCC(CCC)C1CCCN1C(=O)c1cc(C(=O)N[C@@H](C)C[C@H]2CCCN2)cc2c1CCC(C)(C)CO2. The van der Waals surface area contributed by atoms with Crippen molar-refractivity contribution in [2.45, 2.75) is 130 Å². The van der Waals surface area contributed by atoms with Crippen LogP contribution in [-0.4, -0.2) is 54.5 Å². The number of carbonyl (C=O) groups is 2. The second-order valence-electron chi connectivity index (χ2n) is 13.3. The molecular weight excluding hydrogens is 486 g/mol. The molecule has 2 N–H and O–H groups in total. The fourth-order valence-corrected chi connectivity index (χ4v) is 6.97. The number of hydrogen-bond donors (Lipinski definition) is 2. The zero-order chi connectivity index (χ0) is 28.0. The monoisotopic (exact) mass is 539 g/mol. The molecule has 3 heterocycles. The van der Waals surface area contributed by atoms with Gasteiger partial charge in [0.15, 0.2) is 0 Å². The van der Waals surface area contributed by atoms with E-state index in [1.807, 2.05) is 12.1 Å². The molecule has 3 aliphatic heterocycles. The number of carbonyl (C=O) groups excluding carboxylic acids is 2. The van der Waals surface area contributed by atoms with Gasteiger partial charge in [-0.2, -0.15) is 0 Å². The molecular formula is C33H53N3O3. The first kappa shape index (κ1) is 29.9. The molecule has 218 valence electrons. The Bertz CT molecular complexity index is 985. The Labute approximate surface area is 237 Å². The average molecular weight is 540 g/mol. The summed E-state index contributed by atoms with van der Waals surface area (Å²) in [5, 5.41) is 6.73. The molecule has 0 spiro atoms. The van der Waals surface area contributed by atoms with Gasteiger partial charge in [0.1, 0.15) is 5.75 Å². The largest absolute Gasteiger partial charge is 0.493 e. The van der Waals surface area contributed by atoms with Crippen molar-refractivity contribution in [2.75, 3.05) is 19.7 Å². The Kier molecular flexibility index (Phi) is 10.4. The zero-order valence-corrected chi connectivity index (χ0v) is 25.2. The summed E-state index contributed by atoms with van der Waals surface area (Å²) >= 11 is 0. The highest BCUT2D eigenvalue weighted by atomic mass is 16.5. The van der Waals surface area contributed by atoms with Gasteiger partial charge >= 0.3 is 0 Å². The predicted octanol–water partition coefficient (Wildman–Crippen LogP) is 6.51. The van der Waals surface area contributed by atoms with Crippen LogP contribution in [0.5, 0.6) is 5.75 Å². The number of nitrogens with zero attached hydrogens (tertiary/aromatic N) is 1. The number of ether oxygens (including phenoxy) is 1. The Hall–Kier alpha value is -2.08. The minimum absolute atomic E-state index is 0.0209. The number of nitrogens with one attached hydrogen (secondary N) is 2. The highest BCUT2D eigenvalue weighted by Crippen LogP contribution is 2.38. The van der Waals surface area contributed by atoms with Crippen molar-refractivity contribution in [1.82, 2.24) is 15.5 Å². The zero-order valence-electron chi connectivity index (χ0n) is 25.2. The molecule has 3 aliphatic rings. The van der Waals surface area contributed by atoms with Crippen LogP contribution in [0.15, 0.2) is 12.1 Å². The van der Waals surface area contributed by atoms with Crippen molar-refractivity contribution >= 4 is 11.8 Å². The minimum Gasteiger partial charge on any atom is -0.493 e. The summed E-state index contributed by atoms with van der Waals surface area (Å²) < 4.78 is 6.33. The van der Waals surface area contributed by atoms with Gasteiger partial charge in [-0.15, -0.1) is 0 Å². The van der Waals surface area contributed by atoms with Crippen LogP contribution in [0.25, 0.3) is 0 Å². The fraction of sp³-hybridized carbons (Fsp3) is 0.758. The van der Waals surface area contributed by atoms with E-state index in [2.05, 4.69) is 50.2 Å². The molecule has 2 unspecified atom stereocenters. The van der Waals surface area contributed by atoms with E-state index in [-0.39, 0.29) is 23.3 Å². The standard InChI is InChI=1S/C33H53N3O3/c1-6-8-12-24(11-7-2)29-14-10-18-36(29)32(38)28-20-25(21-30-27(28)15-16-33(4,5)22-39-30)31(37)35-23(3)19-26-13-9-17-34-26/h20-21,23-24,26,29,34H,6-19,22H2,1-5H3,(H,35,37)/t23-,24?,26+,29?/m0/s1. The maximum absolute atomic E-state index is 14.3. The molecule has 0 aromatic heterocycles. The van der Waals surface area contributed by atoms with Crippen LogP contribution in [-0.2, 0) is 6.42 Å². The van der Waals surface area contributed by atoms with Crippen molar-refractivity contribution in [3.05, 3.63) is 28.8 Å². The molecule has 0 bridgehead atoms. The van der Waals surface area contributed by atoms with E-state index < -0.39 is 0 Å². The van der Waals surface area contributed by atoms with Gasteiger partial charge in [-0.05, 0) is 94.7 Å². The number of likely N-dealkylation sites (tertiary alicyclic amines) is 1. The number of fused-ring (bicyclic) bond motifs is 1. The van der Waals surface area contributed by atoms with Gasteiger partial charge in [0.05, 0.1) is 6.61 Å². The predicted molar refractivity (Wildman–Crippen MR) is 159 cm³/mol. The molecule has 2 amide bonds. The Balaban J connectivity index is 1.61. The molecule has 1 aromatic carbocycles. The van der Waals surface area contributed by atoms with Crippen LogP contribution in [0.1, 0.15) is 132 Å². The van der Waals surface area contributed by atoms with E-state index in [0.717, 1.165) is 63.6 Å². The normalized spacial score (nSPS) is 24.0. The van der Waals surface area contributed by atoms with Gasteiger partial charge in [-0.3, -0.25) is 9.59 Å². The Morgan fingerprint density at radius 1 is 1.15 bits per heavy atom. The molecule has 2 saturated heterocycles. The lowest BCUT2D eigenvalue weighted by Gasteiger charge is -2.32. The average Bonchev–Trinajstić information content (AvgIpc) is 3.57. The van der Waals surface area contributed by atoms with Crippen molar-refractivity contribution in [3.8, 4) is 5.75 Å². The Morgan fingerprint density at radius 2 is 1.97 bits per heavy atom. The van der Waals surface area contributed by atoms with Crippen LogP contribution in [0.2, 0.25) is 0 Å². The maximum atomic E-state index is 14.3. The number of rotatable bonds is 11. The van der Waals surface area contributed by atoms with Crippen LogP contribution < -0.4 is 15.4 Å². The lowest BCUT2D eigenvalue weighted by molar-refractivity contribution is 0.0672. The summed E-state index contributed by atoms with van der Waals surface area (Å²) in [5.74, 6) is 1.24. The second kappa shape index (κ2) is 13.5. The molecule has 4 rings (SSSR count). The highest BCUT2D eigenvalue weighted by molar-refractivity contribution is 6.02. The van der Waals surface area contributed by atoms with Gasteiger partial charge in [0.25, 0.3) is 11.8 Å². The van der Waals surface area contributed by atoms with Gasteiger partial charge < -0.3 is 20.3 Å². The number of benzene rings is 1. The van der Waals surface area contributed by atoms with E-state index in [9.17, 15) is 9.59 Å². The van der Waals surface area contributed by atoms with Gasteiger partial charge in [0, 0.05) is 41.4 Å². The molecule has 1 aromatic rings. The van der Waals surface area contributed by atoms with E-state index in [1.165, 1.54) is 32.1 Å².